The van der Waals surface area contributed by atoms with Gasteiger partial charge in [-0.2, -0.15) is 0 Å². The predicted molar refractivity (Wildman–Crippen MR) is 60.6 cm³/mol. The molecule has 0 aliphatic rings. The predicted octanol–water partition coefficient (Wildman–Crippen LogP) is 0.000600. The molecule has 9 heteroatoms. The largest absolute Gasteiger partial charge is 0.394 e. The maximum Gasteiger partial charge on any atom is 0.275 e. The molecule has 0 fully saturated rings. The molecule has 106 valence electrons. The SMILES string of the molecule is O=[N+]([O-])c1cc(F)c(NC(CO)(CO)CO)c(F)c1. The molecule has 0 aliphatic heterocycles. The second-order valence-electron chi connectivity index (χ2n) is 3.92. The average Bonchev–Trinajstić information content (AvgIpc) is 2.39. The van der Waals surface area contributed by atoms with Crippen LogP contribution < -0.4 is 5.32 Å². The van der Waals surface area contributed by atoms with Gasteiger partial charge in [-0.05, 0) is 0 Å². The average molecular weight is 278 g/mol. The van der Waals surface area contributed by atoms with Gasteiger partial charge in [-0.15, -0.1) is 0 Å². The number of nitro benzene ring substituents is 1. The van der Waals surface area contributed by atoms with E-state index in [2.05, 4.69) is 5.32 Å². The number of hydrogen-bond acceptors (Lipinski definition) is 6. The molecule has 0 unspecified atom stereocenters. The van der Waals surface area contributed by atoms with Crippen molar-refractivity contribution >= 4 is 11.4 Å². The van der Waals surface area contributed by atoms with Gasteiger partial charge in [0.1, 0.15) is 11.2 Å². The van der Waals surface area contributed by atoms with Gasteiger partial charge in [0.2, 0.25) is 0 Å². The minimum atomic E-state index is -1.74. The van der Waals surface area contributed by atoms with Crippen molar-refractivity contribution < 1.29 is 29.0 Å². The fourth-order valence-corrected chi connectivity index (χ4v) is 1.32. The van der Waals surface area contributed by atoms with Crippen molar-refractivity contribution in [1.29, 1.82) is 0 Å². The van der Waals surface area contributed by atoms with E-state index in [1.807, 2.05) is 0 Å². The Kier molecular flexibility index (Phi) is 4.70. The summed E-state index contributed by atoms with van der Waals surface area (Å²) in [5.41, 5.74) is -3.29. The molecule has 0 bridgehead atoms. The van der Waals surface area contributed by atoms with Gasteiger partial charge in [-0.1, -0.05) is 0 Å². The molecular formula is C10H12F2N2O5. The number of aliphatic hydroxyl groups is 3. The molecule has 19 heavy (non-hydrogen) atoms. The van der Waals surface area contributed by atoms with Crippen molar-refractivity contribution in [3.63, 3.8) is 0 Å². The van der Waals surface area contributed by atoms with Crippen molar-refractivity contribution in [2.45, 2.75) is 5.54 Å². The number of aliphatic hydroxyl groups excluding tert-OH is 3. The number of halogens is 2. The molecule has 0 spiro atoms. The van der Waals surface area contributed by atoms with E-state index in [0.717, 1.165) is 0 Å². The van der Waals surface area contributed by atoms with Gasteiger partial charge < -0.3 is 20.6 Å². The van der Waals surface area contributed by atoms with E-state index in [1.165, 1.54) is 0 Å². The van der Waals surface area contributed by atoms with Crippen LogP contribution in [0, 0.1) is 21.7 Å². The van der Waals surface area contributed by atoms with Crippen molar-refractivity contribution in [2.24, 2.45) is 0 Å². The summed E-state index contributed by atoms with van der Waals surface area (Å²) in [5.74, 6) is -2.54. The number of nitrogens with one attached hydrogen (secondary N) is 1. The van der Waals surface area contributed by atoms with Gasteiger partial charge in [0.15, 0.2) is 11.6 Å². The lowest BCUT2D eigenvalue weighted by molar-refractivity contribution is -0.385. The van der Waals surface area contributed by atoms with Gasteiger partial charge in [0.05, 0.1) is 36.9 Å². The van der Waals surface area contributed by atoms with E-state index < -0.39 is 53.3 Å². The molecule has 0 saturated heterocycles. The van der Waals surface area contributed by atoms with Crippen LogP contribution in [0.3, 0.4) is 0 Å². The Balaban J connectivity index is 3.18. The van der Waals surface area contributed by atoms with E-state index in [4.69, 9.17) is 15.3 Å². The van der Waals surface area contributed by atoms with Crippen molar-refractivity contribution in [1.82, 2.24) is 0 Å². The summed E-state index contributed by atoms with van der Waals surface area (Å²) in [6.07, 6.45) is 0. The smallest absolute Gasteiger partial charge is 0.275 e. The van der Waals surface area contributed by atoms with Crippen LogP contribution in [0.15, 0.2) is 12.1 Å². The summed E-state index contributed by atoms with van der Waals surface area (Å²) in [6.45, 7) is -2.39. The van der Waals surface area contributed by atoms with Crippen molar-refractivity contribution in [3.05, 3.63) is 33.9 Å². The molecule has 0 aromatic heterocycles. The second kappa shape index (κ2) is 5.87. The summed E-state index contributed by atoms with van der Waals surface area (Å²) in [4.78, 5) is 9.44. The first-order valence-electron chi connectivity index (χ1n) is 5.13. The van der Waals surface area contributed by atoms with Gasteiger partial charge >= 0.3 is 0 Å². The first kappa shape index (κ1) is 15.2. The highest BCUT2D eigenvalue weighted by Crippen LogP contribution is 2.27. The summed E-state index contributed by atoms with van der Waals surface area (Å²) >= 11 is 0. The van der Waals surface area contributed by atoms with E-state index in [-0.39, 0.29) is 0 Å². The zero-order valence-electron chi connectivity index (χ0n) is 9.64. The lowest BCUT2D eigenvalue weighted by atomic mass is 10.0. The summed E-state index contributed by atoms with van der Waals surface area (Å²) in [5, 5.41) is 39.6. The number of nitro groups is 1. The lowest BCUT2D eigenvalue weighted by Gasteiger charge is -2.30. The number of rotatable bonds is 6. The third-order valence-electron chi connectivity index (χ3n) is 2.54. The number of non-ortho nitro benzene ring substituents is 1. The molecule has 1 aromatic rings. The van der Waals surface area contributed by atoms with Crippen LogP contribution in [0.25, 0.3) is 0 Å². The molecule has 0 amide bonds. The Labute approximate surface area is 106 Å². The zero-order chi connectivity index (χ0) is 14.6. The molecule has 4 N–H and O–H groups in total. The fraction of sp³-hybridized carbons (Fsp3) is 0.400. The molecule has 1 rings (SSSR count). The Morgan fingerprint density at radius 3 is 1.89 bits per heavy atom. The summed E-state index contributed by atoms with van der Waals surface area (Å²) in [6, 6.07) is 0.977. The van der Waals surface area contributed by atoms with Crippen LogP contribution in [-0.4, -0.2) is 45.6 Å². The normalized spacial score (nSPS) is 11.4. The molecule has 0 atom stereocenters. The number of nitrogens with zero attached hydrogens (tertiary/aromatic N) is 1. The van der Waals surface area contributed by atoms with Gasteiger partial charge in [0, 0.05) is 0 Å². The Hall–Kier alpha value is -1.84. The Bertz CT molecular complexity index is 448. The van der Waals surface area contributed by atoms with Crippen molar-refractivity contribution in [3.8, 4) is 0 Å². The van der Waals surface area contributed by atoms with E-state index in [1.54, 1.807) is 0 Å². The topological polar surface area (TPSA) is 116 Å². The highest BCUT2D eigenvalue weighted by Gasteiger charge is 2.31. The number of anilines is 1. The van der Waals surface area contributed by atoms with Crippen LogP contribution in [0.1, 0.15) is 0 Å². The third kappa shape index (κ3) is 3.13. The first-order chi connectivity index (χ1) is 8.89. The quantitative estimate of drug-likeness (QED) is 0.430. The molecule has 0 aliphatic carbocycles. The van der Waals surface area contributed by atoms with Crippen molar-refractivity contribution in [2.75, 3.05) is 25.1 Å². The molecule has 0 saturated carbocycles. The standard InChI is InChI=1S/C10H12F2N2O5/c11-7-1-6(14(18)19)2-8(12)9(7)13-10(3-15,4-16)5-17/h1-2,13,15-17H,3-5H2. The maximum absolute atomic E-state index is 13.6. The molecule has 0 radical (unpaired) electrons. The van der Waals surface area contributed by atoms with Gasteiger partial charge in [-0.25, -0.2) is 8.78 Å². The zero-order valence-corrected chi connectivity index (χ0v) is 9.64. The third-order valence-corrected chi connectivity index (χ3v) is 2.54. The van der Waals surface area contributed by atoms with Crippen LogP contribution in [0.4, 0.5) is 20.2 Å². The van der Waals surface area contributed by atoms with Crippen LogP contribution in [0.2, 0.25) is 0 Å². The minimum absolute atomic E-state index is 0.488. The van der Waals surface area contributed by atoms with E-state index >= 15 is 0 Å². The molecular weight excluding hydrogens is 266 g/mol. The van der Waals surface area contributed by atoms with Crippen LogP contribution in [-0.2, 0) is 0 Å². The summed E-state index contributed by atoms with van der Waals surface area (Å²) in [7, 11) is 0. The number of benzene rings is 1. The molecule has 7 nitrogen and oxygen atoms in total. The summed E-state index contributed by atoms with van der Waals surface area (Å²) < 4.78 is 27.1. The van der Waals surface area contributed by atoms with Gasteiger partial charge in [-0.3, -0.25) is 10.1 Å². The number of hydrogen-bond donors (Lipinski definition) is 4. The highest BCUT2D eigenvalue weighted by molar-refractivity contribution is 5.53. The minimum Gasteiger partial charge on any atom is -0.394 e. The fourth-order valence-electron chi connectivity index (χ4n) is 1.32. The van der Waals surface area contributed by atoms with Crippen LogP contribution >= 0.6 is 0 Å². The van der Waals surface area contributed by atoms with Gasteiger partial charge in [0.25, 0.3) is 5.69 Å². The lowest BCUT2D eigenvalue weighted by Crippen LogP contribution is -2.49. The molecule has 0 heterocycles. The Morgan fingerprint density at radius 2 is 1.58 bits per heavy atom. The second-order valence-corrected chi connectivity index (χ2v) is 3.92. The monoisotopic (exact) mass is 278 g/mol. The maximum atomic E-state index is 13.6. The first-order valence-corrected chi connectivity index (χ1v) is 5.13. The van der Waals surface area contributed by atoms with Crippen LogP contribution in [0.5, 0.6) is 0 Å². The molecule has 1 aromatic carbocycles. The van der Waals surface area contributed by atoms with E-state index in [9.17, 15) is 18.9 Å². The van der Waals surface area contributed by atoms with E-state index in [0.29, 0.717) is 12.1 Å². The Morgan fingerprint density at radius 1 is 1.16 bits per heavy atom. The highest BCUT2D eigenvalue weighted by atomic mass is 19.1.